The Labute approximate surface area is 198 Å². The fourth-order valence-corrected chi connectivity index (χ4v) is 3.18. The molecule has 0 heterocycles. The molecule has 2 rings (SSSR count). The van der Waals surface area contributed by atoms with E-state index in [1.807, 2.05) is 36.4 Å². The molecule has 0 radical (unpaired) electrons. The van der Waals surface area contributed by atoms with Crippen LogP contribution in [0.25, 0.3) is 0 Å². The largest absolute Gasteiger partial charge is 0.480 e. The van der Waals surface area contributed by atoms with Crippen molar-refractivity contribution < 1.29 is 24.3 Å². The fourth-order valence-electron chi connectivity index (χ4n) is 3.18. The molecule has 2 aromatic carbocycles. The van der Waals surface area contributed by atoms with Gasteiger partial charge in [0, 0.05) is 6.42 Å². The Balaban J connectivity index is 2.01. The van der Waals surface area contributed by atoms with E-state index in [1.165, 1.54) is 0 Å². The first kappa shape index (κ1) is 26.3. The fraction of sp³-hybridized carbons (Fsp3) is 0.333. The summed E-state index contributed by atoms with van der Waals surface area (Å²) in [5.74, 6) is -2.83. The number of aliphatic carboxylic acids is 1. The lowest BCUT2D eigenvalue weighted by atomic mass is 10.0. The molecule has 7 N–H and O–H groups in total. The Morgan fingerprint density at radius 3 is 1.79 bits per heavy atom. The van der Waals surface area contributed by atoms with Crippen molar-refractivity contribution in [2.45, 2.75) is 44.8 Å². The van der Waals surface area contributed by atoms with Crippen LogP contribution in [0, 0.1) is 5.92 Å². The number of carbonyl (C=O) groups is 4. The molecule has 0 unspecified atom stereocenters. The van der Waals surface area contributed by atoms with Crippen LogP contribution in [0.3, 0.4) is 0 Å². The number of nitrogens with one attached hydrogen (secondary N) is 4. The van der Waals surface area contributed by atoms with Crippen molar-refractivity contribution in [3.8, 4) is 0 Å². The molecule has 0 saturated carbocycles. The minimum Gasteiger partial charge on any atom is -0.480 e. The van der Waals surface area contributed by atoms with Crippen LogP contribution in [-0.2, 0) is 27.2 Å². The maximum atomic E-state index is 12.8. The maximum Gasteiger partial charge on any atom is 0.326 e. The Morgan fingerprint density at radius 2 is 1.29 bits per heavy atom. The normalized spacial score (nSPS) is 13.3. The first-order valence-electron chi connectivity index (χ1n) is 10.9. The highest BCUT2D eigenvalue weighted by molar-refractivity contribution is 5.91. The molecule has 10 nitrogen and oxygen atoms in total. The molecule has 34 heavy (non-hydrogen) atoms. The number of carboxylic acid groups (broad SMARTS) is 1. The highest BCUT2D eigenvalue weighted by atomic mass is 16.4. The van der Waals surface area contributed by atoms with E-state index < -0.39 is 41.9 Å². The first-order valence-corrected chi connectivity index (χ1v) is 10.9. The van der Waals surface area contributed by atoms with Gasteiger partial charge in [0.05, 0.1) is 6.04 Å². The third-order valence-corrected chi connectivity index (χ3v) is 5.07. The Morgan fingerprint density at radius 1 is 0.794 bits per heavy atom. The first-order chi connectivity index (χ1) is 16.2. The standard InChI is InChI=1S/C24H31N5O5/c1-15(2)20(23(32)33)27-24(34)26-19(14-17-11-7-4-8-12-17)22(31)29-28-21(30)18(25)13-16-9-5-3-6-10-16/h3-12,15,18-20H,13-14,25H2,1-2H3,(H,28,30)(H,29,31)(H,32,33)(H2,26,27,34)/t18-,19-,20-/m0/s1. The number of hydrazine groups is 1. The van der Waals surface area contributed by atoms with Crippen LogP contribution in [0.2, 0.25) is 0 Å². The van der Waals surface area contributed by atoms with Gasteiger partial charge in [0.15, 0.2) is 0 Å². The summed E-state index contributed by atoms with van der Waals surface area (Å²) in [6.07, 6.45) is 0.397. The lowest BCUT2D eigenvalue weighted by Gasteiger charge is -2.23. The number of carboxylic acids is 1. The monoisotopic (exact) mass is 469 g/mol. The number of hydrogen-bond donors (Lipinski definition) is 6. The summed E-state index contributed by atoms with van der Waals surface area (Å²) < 4.78 is 0. The zero-order chi connectivity index (χ0) is 25.1. The van der Waals surface area contributed by atoms with E-state index in [0.717, 1.165) is 11.1 Å². The Kier molecular flexibility index (Phi) is 10.0. The van der Waals surface area contributed by atoms with Crippen molar-refractivity contribution in [2.24, 2.45) is 11.7 Å². The van der Waals surface area contributed by atoms with Gasteiger partial charge >= 0.3 is 12.0 Å². The summed E-state index contributed by atoms with van der Waals surface area (Å²) in [4.78, 5) is 49.0. The smallest absolute Gasteiger partial charge is 0.326 e. The summed E-state index contributed by atoms with van der Waals surface area (Å²) in [6.45, 7) is 3.31. The van der Waals surface area contributed by atoms with Gasteiger partial charge in [0.2, 0.25) is 0 Å². The average Bonchev–Trinajstić information content (AvgIpc) is 2.81. The topological polar surface area (TPSA) is 163 Å². The van der Waals surface area contributed by atoms with Crippen LogP contribution in [0.5, 0.6) is 0 Å². The summed E-state index contributed by atoms with van der Waals surface area (Å²) >= 11 is 0. The molecule has 0 spiro atoms. The highest BCUT2D eigenvalue weighted by Crippen LogP contribution is 2.05. The molecule has 0 aromatic heterocycles. The minimum absolute atomic E-state index is 0.117. The molecule has 0 aliphatic rings. The van der Waals surface area contributed by atoms with E-state index in [1.54, 1.807) is 38.1 Å². The van der Waals surface area contributed by atoms with Crippen LogP contribution in [0.15, 0.2) is 60.7 Å². The van der Waals surface area contributed by atoms with E-state index in [9.17, 15) is 24.3 Å². The van der Waals surface area contributed by atoms with Crippen molar-refractivity contribution >= 4 is 23.8 Å². The van der Waals surface area contributed by atoms with Gasteiger partial charge in [-0.25, -0.2) is 9.59 Å². The van der Waals surface area contributed by atoms with Crippen LogP contribution < -0.4 is 27.2 Å². The van der Waals surface area contributed by atoms with E-state index in [0.29, 0.717) is 0 Å². The number of urea groups is 1. The molecule has 0 saturated heterocycles. The maximum absolute atomic E-state index is 12.8. The van der Waals surface area contributed by atoms with Crippen molar-refractivity contribution in [1.82, 2.24) is 21.5 Å². The number of carbonyl (C=O) groups excluding carboxylic acids is 3. The minimum atomic E-state index is -1.19. The van der Waals surface area contributed by atoms with Crippen LogP contribution in [0.1, 0.15) is 25.0 Å². The van der Waals surface area contributed by atoms with Crippen molar-refractivity contribution in [3.05, 3.63) is 71.8 Å². The van der Waals surface area contributed by atoms with E-state index in [-0.39, 0.29) is 18.8 Å². The SMILES string of the molecule is CC(C)[C@H](NC(=O)N[C@@H](Cc1ccccc1)C(=O)NNC(=O)[C@@H](N)Cc1ccccc1)C(=O)O. The van der Waals surface area contributed by atoms with Gasteiger partial charge in [-0.2, -0.15) is 0 Å². The van der Waals surface area contributed by atoms with Gasteiger partial charge < -0.3 is 21.5 Å². The molecular weight excluding hydrogens is 438 g/mol. The lowest BCUT2D eigenvalue weighted by Crippen LogP contribution is -2.58. The van der Waals surface area contributed by atoms with Crippen molar-refractivity contribution in [1.29, 1.82) is 0 Å². The summed E-state index contributed by atoms with van der Waals surface area (Å²) in [7, 11) is 0. The van der Waals surface area contributed by atoms with E-state index in [4.69, 9.17) is 5.73 Å². The Hall–Kier alpha value is -3.92. The quantitative estimate of drug-likeness (QED) is 0.281. The van der Waals surface area contributed by atoms with Crippen LogP contribution >= 0.6 is 0 Å². The predicted molar refractivity (Wildman–Crippen MR) is 126 cm³/mol. The molecule has 3 atom stereocenters. The number of nitrogens with two attached hydrogens (primary N) is 1. The van der Waals surface area contributed by atoms with Gasteiger partial charge in [-0.1, -0.05) is 74.5 Å². The zero-order valence-electron chi connectivity index (χ0n) is 19.2. The third kappa shape index (κ3) is 8.55. The molecule has 2 aromatic rings. The van der Waals surface area contributed by atoms with E-state index in [2.05, 4.69) is 21.5 Å². The number of hydrogen-bond acceptors (Lipinski definition) is 5. The molecule has 0 fully saturated rings. The second-order valence-corrected chi connectivity index (χ2v) is 8.19. The summed E-state index contributed by atoms with van der Waals surface area (Å²) in [6, 6.07) is 14.2. The van der Waals surface area contributed by atoms with Gasteiger partial charge in [-0.05, 0) is 23.5 Å². The molecule has 0 bridgehead atoms. The van der Waals surface area contributed by atoms with Crippen LogP contribution in [-0.4, -0.2) is 47.0 Å². The van der Waals surface area contributed by atoms with Gasteiger partial charge in [-0.3, -0.25) is 20.4 Å². The second kappa shape index (κ2) is 12.9. The van der Waals surface area contributed by atoms with E-state index >= 15 is 0 Å². The highest BCUT2D eigenvalue weighted by Gasteiger charge is 2.27. The molecule has 182 valence electrons. The van der Waals surface area contributed by atoms with Gasteiger partial charge in [0.1, 0.15) is 12.1 Å². The zero-order valence-corrected chi connectivity index (χ0v) is 19.2. The Bertz CT molecular complexity index is 968. The number of rotatable bonds is 10. The van der Waals surface area contributed by atoms with Crippen molar-refractivity contribution in [2.75, 3.05) is 0 Å². The summed E-state index contributed by atoms with van der Waals surface area (Å²) in [5, 5.41) is 14.1. The molecule has 4 amide bonds. The third-order valence-electron chi connectivity index (χ3n) is 5.07. The molecule has 0 aliphatic heterocycles. The lowest BCUT2D eigenvalue weighted by molar-refractivity contribution is -0.140. The van der Waals surface area contributed by atoms with Gasteiger partial charge in [-0.15, -0.1) is 0 Å². The molecule has 0 aliphatic carbocycles. The van der Waals surface area contributed by atoms with Gasteiger partial charge in [0.25, 0.3) is 11.8 Å². The number of benzene rings is 2. The second-order valence-electron chi connectivity index (χ2n) is 8.19. The van der Waals surface area contributed by atoms with Crippen molar-refractivity contribution in [3.63, 3.8) is 0 Å². The van der Waals surface area contributed by atoms with Crippen LogP contribution in [0.4, 0.5) is 4.79 Å². The molecule has 10 heteroatoms. The summed E-state index contributed by atoms with van der Waals surface area (Å²) in [5.41, 5.74) is 12.1. The number of amides is 4. The average molecular weight is 470 g/mol. The predicted octanol–water partition coefficient (Wildman–Crippen LogP) is 0.724. The molecular formula is C24H31N5O5.